The summed E-state index contributed by atoms with van der Waals surface area (Å²) >= 11 is 0.766. The number of nitrogens with two attached hydrogens (primary N) is 1. The van der Waals surface area contributed by atoms with Gasteiger partial charge in [0.1, 0.15) is 0 Å². The Labute approximate surface area is 51.1 Å². The minimum atomic E-state index is 0.0201. The molecule has 0 rings (SSSR count). The van der Waals surface area contributed by atoms with Crippen molar-refractivity contribution >= 4 is 22.4 Å². The first-order valence-corrected chi connectivity index (χ1v) is 2.98. The Morgan fingerprint density at radius 1 is 2.00 bits per heavy atom. The van der Waals surface area contributed by atoms with E-state index in [1.165, 1.54) is 0 Å². The summed E-state index contributed by atoms with van der Waals surface area (Å²) in [6, 6.07) is 0. The summed E-state index contributed by atoms with van der Waals surface area (Å²) in [7, 11) is 1.74. The minimum absolute atomic E-state index is 0.0201. The molecule has 40 valence electrons. The molecule has 0 heterocycles. The van der Waals surface area contributed by atoms with Crippen molar-refractivity contribution in [3.8, 4) is 0 Å². The second-order valence-corrected chi connectivity index (χ2v) is 2.83. The van der Waals surface area contributed by atoms with Gasteiger partial charge in [0.05, 0.1) is 6.54 Å². The molecule has 0 fully saturated rings. The molecule has 0 saturated carbocycles. The van der Waals surface area contributed by atoms with E-state index in [1.54, 1.807) is 10.9 Å². The zero-order chi connectivity index (χ0) is 5.86. The first kappa shape index (κ1) is 6.96. The third-order valence-electron chi connectivity index (χ3n) is 0.673. The van der Waals surface area contributed by atoms with Gasteiger partial charge >= 0.3 is 16.5 Å². The predicted molar refractivity (Wildman–Crippen MR) is 30.4 cm³/mol. The molecule has 0 aromatic heterocycles. The van der Waals surface area contributed by atoms with Gasteiger partial charge in [-0.3, -0.25) is 4.79 Å². The van der Waals surface area contributed by atoms with Gasteiger partial charge in [-0.05, 0) is 7.05 Å². The number of likely N-dealkylation sites (N-methyl/N-ethyl adjacent to an activating group) is 1. The Balaban J connectivity index is 3.35. The lowest BCUT2D eigenvalue weighted by Crippen LogP contribution is -2.30. The molecule has 0 aromatic rings. The van der Waals surface area contributed by atoms with Crippen molar-refractivity contribution in [3.63, 3.8) is 0 Å². The molecule has 3 nitrogen and oxygen atoms in total. The number of amides is 1. The highest BCUT2D eigenvalue weighted by molar-refractivity contribution is 6.14. The molecule has 0 spiro atoms. The number of carbonyl (C=O) groups is 1. The van der Waals surface area contributed by atoms with Gasteiger partial charge in [0.25, 0.3) is 0 Å². The van der Waals surface area contributed by atoms with Crippen LogP contribution in [0.3, 0.4) is 0 Å². The highest BCUT2D eigenvalue weighted by Crippen LogP contribution is 1.68. The van der Waals surface area contributed by atoms with Crippen LogP contribution in [0.5, 0.6) is 0 Å². The van der Waals surface area contributed by atoms with Crippen LogP contribution in [-0.2, 0) is 4.79 Å². The van der Waals surface area contributed by atoms with Gasteiger partial charge in [-0.25, -0.2) is 0 Å². The van der Waals surface area contributed by atoms with Crippen LogP contribution in [0.4, 0.5) is 0 Å². The van der Waals surface area contributed by atoms with Crippen molar-refractivity contribution < 1.29 is 4.79 Å². The van der Waals surface area contributed by atoms with E-state index < -0.39 is 0 Å². The summed E-state index contributed by atoms with van der Waals surface area (Å²) in [5, 5.41) is 0. The first-order valence-electron chi connectivity index (χ1n) is 2.08. The lowest BCUT2D eigenvalue weighted by atomic mass is 10.6. The molecule has 0 aliphatic rings. The van der Waals surface area contributed by atoms with Gasteiger partial charge in [-0.2, -0.15) is 0 Å². The monoisotopic (exact) mass is 116 g/mol. The Morgan fingerprint density at radius 2 is 2.43 bits per heavy atom. The molecule has 1 amide bonds. The number of nitrogens with zero attached hydrogens (tertiary/aromatic N) is 1. The molecule has 0 aliphatic carbocycles. The molecule has 0 radical (unpaired) electrons. The Kier molecular flexibility index (Phi) is 3.01. The van der Waals surface area contributed by atoms with Crippen LogP contribution >= 0.6 is 0 Å². The van der Waals surface area contributed by atoms with Gasteiger partial charge in [0.2, 0.25) is 5.91 Å². The third kappa shape index (κ3) is 2.63. The zero-order valence-corrected chi connectivity index (χ0v) is 6.64. The van der Waals surface area contributed by atoms with E-state index >= 15 is 0 Å². The summed E-state index contributed by atoms with van der Waals surface area (Å²) in [5.74, 6) is 0.0201. The van der Waals surface area contributed by atoms with Gasteiger partial charge < -0.3 is 9.62 Å². The van der Waals surface area contributed by atoms with E-state index in [2.05, 4.69) is 0 Å². The quantitative estimate of drug-likeness (QED) is 0.401. The first-order chi connectivity index (χ1) is 3.18. The standard InChI is InChI=1S/C3H8N2O.Al.2H/c1-5-3(6)2-4;;;/h2,4H2,1H3,(H,5,6);;;/q;+1;;/p-1. The number of carbonyl (C=O) groups excluding carboxylic acids is 1. The van der Waals surface area contributed by atoms with Crippen LogP contribution in [0.2, 0.25) is 0 Å². The van der Waals surface area contributed by atoms with Crippen LogP contribution in [-0.4, -0.2) is 39.9 Å². The minimum Gasteiger partial charge on any atom is -0.441 e. The lowest BCUT2D eigenvalue weighted by molar-refractivity contribution is -0.124. The molecule has 0 saturated heterocycles. The topological polar surface area (TPSA) is 46.3 Å². The molecule has 0 aliphatic heterocycles. The summed E-state index contributed by atoms with van der Waals surface area (Å²) in [5.41, 5.74) is 5.00. The van der Waals surface area contributed by atoms with Crippen molar-refractivity contribution in [2.24, 2.45) is 5.73 Å². The van der Waals surface area contributed by atoms with E-state index in [1.807, 2.05) is 0 Å². The Hall–Kier alpha value is -0.0375. The largest absolute Gasteiger partial charge is 0.441 e. The van der Waals surface area contributed by atoms with Crippen molar-refractivity contribution in [3.05, 3.63) is 0 Å². The van der Waals surface area contributed by atoms with Gasteiger partial charge in [0, 0.05) is 0 Å². The normalized spacial score (nSPS) is 8.29. The fourth-order valence-corrected chi connectivity index (χ4v) is 0.365. The fraction of sp³-hybridized carbons (Fsp3) is 0.667. The SMILES string of the molecule is C[N]([AlH2])C(=O)CN. The van der Waals surface area contributed by atoms with Gasteiger partial charge in [0.15, 0.2) is 0 Å². The molecule has 0 unspecified atom stereocenters. The van der Waals surface area contributed by atoms with E-state index in [0.29, 0.717) is 0 Å². The highest BCUT2D eigenvalue weighted by Gasteiger charge is 1.95. The van der Waals surface area contributed by atoms with E-state index in [0.717, 1.165) is 16.5 Å². The lowest BCUT2D eigenvalue weighted by Gasteiger charge is -2.07. The van der Waals surface area contributed by atoms with Crippen LogP contribution in [0.1, 0.15) is 0 Å². The maximum absolute atomic E-state index is 10.3. The number of hydrogen-bond donors (Lipinski definition) is 1. The van der Waals surface area contributed by atoms with Crippen LogP contribution < -0.4 is 5.73 Å². The summed E-state index contributed by atoms with van der Waals surface area (Å²) in [4.78, 5) is 10.3. The van der Waals surface area contributed by atoms with Crippen molar-refractivity contribution in [2.45, 2.75) is 0 Å². The molecule has 2 N–H and O–H groups in total. The predicted octanol–water partition coefficient (Wildman–Crippen LogP) is -2.05. The average molecular weight is 116 g/mol. The molecule has 7 heavy (non-hydrogen) atoms. The zero-order valence-electron chi connectivity index (χ0n) is 4.64. The average Bonchev–Trinajstić information content (AvgIpc) is 1.65. The summed E-state index contributed by atoms with van der Waals surface area (Å²) in [6.07, 6.45) is 0. The maximum atomic E-state index is 10.3. The summed E-state index contributed by atoms with van der Waals surface area (Å²) < 4.78 is 1.60. The number of rotatable bonds is 1. The van der Waals surface area contributed by atoms with Gasteiger partial charge in [-0.15, -0.1) is 0 Å². The molecule has 4 heteroatoms. The maximum Gasteiger partial charge on any atom is 0.367 e. The van der Waals surface area contributed by atoms with Crippen molar-refractivity contribution in [2.75, 3.05) is 13.6 Å². The Morgan fingerprint density at radius 3 is 2.43 bits per heavy atom. The second-order valence-electron chi connectivity index (χ2n) is 1.49. The van der Waals surface area contributed by atoms with Crippen molar-refractivity contribution in [1.82, 2.24) is 3.88 Å². The van der Waals surface area contributed by atoms with Gasteiger partial charge in [-0.1, -0.05) is 0 Å². The van der Waals surface area contributed by atoms with Crippen LogP contribution in [0, 0.1) is 0 Å². The molecular weight excluding hydrogens is 107 g/mol. The smallest absolute Gasteiger partial charge is 0.367 e. The second kappa shape index (κ2) is 3.03. The van der Waals surface area contributed by atoms with Crippen LogP contribution in [0.25, 0.3) is 0 Å². The van der Waals surface area contributed by atoms with Crippen LogP contribution in [0.15, 0.2) is 0 Å². The summed E-state index contributed by atoms with van der Waals surface area (Å²) in [6.45, 7) is 0.139. The molecule has 0 atom stereocenters. The molecule has 0 bridgehead atoms. The number of hydrogen-bond acceptors (Lipinski definition) is 2. The van der Waals surface area contributed by atoms with E-state index in [9.17, 15) is 4.79 Å². The van der Waals surface area contributed by atoms with Crippen molar-refractivity contribution in [1.29, 1.82) is 0 Å². The fourth-order valence-electron chi connectivity index (χ4n) is 0.183. The third-order valence-corrected chi connectivity index (χ3v) is 1.17. The molecular formula is C3H9AlN2O. The molecule has 0 aromatic carbocycles. The van der Waals surface area contributed by atoms with E-state index in [4.69, 9.17) is 5.73 Å². The van der Waals surface area contributed by atoms with E-state index in [-0.39, 0.29) is 12.5 Å². The Bertz CT molecular complexity index is 73.3. The highest BCUT2D eigenvalue weighted by atomic mass is 27.1.